The number of anilines is 1. The smallest absolute Gasteiger partial charge is 0.414 e. The fourth-order valence-electron chi connectivity index (χ4n) is 1.85. The number of nitrogens with zero attached hydrogens (tertiary/aromatic N) is 1. The molecule has 0 radical (unpaired) electrons. The molecule has 0 N–H and O–H groups in total. The Hall–Kier alpha value is -1.22. The zero-order valence-electron chi connectivity index (χ0n) is 10.0. The van der Waals surface area contributed by atoms with Crippen molar-refractivity contribution in [2.24, 2.45) is 0 Å². The van der Waals surface area contributed by atoms with Gasteiger partial charge in [0.1, 0.15) is 6.10 Å². The lowest BCUT2D eigenvalue weighted by atomic mass is 10.0. The number of hydrogen-bond donors (Lipinski definition) is 0. The van der Waals surface area contributed by atoms with Crippen molar-refractivity contribution in [3.8, 4) is 0 Å². The van der Waals surface area contributed by atoms with Crippen molar-refractivity contribution < 1.29 is 9.53 Å². The van der Waals surface area contributed by atoms with Crippen molar-refractivity contribution in [2.45, 2.75) is 25.9 Å². The number of hydrogen-bond acceptors (Lipinski definition) is 2. The molecule has 1 aromatic carbocycles. The van der Waals surface area contributed by atoms with E-state index < -0.39 is 0 Å². The Labute approximate surface area is 106 Å². The van der Waals surface area contributed by atoms with Crippen molar-refractivity contribution in [2.75, 3.05) is 17.3 Å². The first kappa shape index (κ1) is 12.2. The maximum absolute atomic E-state index is 11.6. The first-order chi connectivity index (χ1) is 8.11. The van der Waals surface area contributed by atoms with Crippen LogP contribution in [0.1, 0.15) is 25.3 Å². The molecule has 0 saturated carbocycles. The first-order valence-corrected chi connectivity index (χ1v) is 6.29. The Morgan fingerprint density at radius 3 is 2.53 bits per heavy atom. The van der Waals surface area contributed by atoms with E-state index in [1.807, 2.05) is 24.3 Å². The summed E-state index contributed by atoms with van der Waals surface area (Å²) in [4.78, 5) is 13.2. The van der Waals surface area contributed by atoms with Crippen LogP contribution in [0.3, 0.4) is 0 Å². The fraction of sp³-hybridized carbons (Fsp3) is 0.462. The Kier molecular flexibility index (Phi) is 3.57. The second-order valence-electron chi connectivity index (χ2n) is 4.52. The highest BCUT2D eigenvalue weighted by atomic mass is 35.5. The van der Waals surface area contributed by atoms with Gasteiger partial charge in [0.2, 0.25) is 0 Å². The van der Waals surface area contributed by atoms with Crippen molar-refractivity contribution in [3.63, 3.8) is 0 Å². The predicted molar refractivity (Wildman–Crippen MR) is 68.9 cm³/mol. The third-order valence-electron chi connectivity index (χ3n) is 2.92. The Morgan fingerprint density at radius 2 is 2.06 bits per heavy atom. The van der Waals surface area contributed by atoms with E-state index in [1.54, 1.807) is 4.90 Å². The van der Waals surface area contributed by atoms with Gasteiger partial charge in [0.05, 0.1) is 12.4 Å². The Morgan fingerprint density at radius 1 is 1.41 bits per heavy atom. The van der Waals surface area contributed by atoms with Crippen LogP contribution < -0.4 is 4.90 Å². The minimum atomic E-state index is -0.312. The molecule has 1 saturated heterocycles. The number of alkyl halides is 1. The maximum atomic E-state index is 11.6. The maximum Gasteiger partial charge on any atom is 0.414 e. The van der Waals surface area contributed by atoms with E-state index in [-0.39, 0.29) is 12.2 Å². The molecule has 17 heavy (non-hydrogen) atoms. The van der Waals surface area contributed by atoms with Gasteiger partial charge < -0.3 is 4.74 Å². The number of amides is 1. The van der Waals surface area contributed by atoms with Crippen molar-refractivity contribution in [3.05, 3.63) is 29.8 Å². The molecule has 0 spiro atoms. The Balaban J connectivity index is 2.15. The fourth-order valence-corrected chi connectivity index (χ4v) is 2.01. The summed E-state index contributed by atoms with van der Waals surface area (Å²) in [5.74, 6) is 0.830. The minimum absolute atomic E-state index is 0.200. The molecule has 1 aromatic rings. The summed E-state index contributed by atoms with van der Waals surface area (Å²) in [7, 11) is 0. The average molecular weight is 254 g/mol. The molecular formula is C13H16ClNO2. The van der Waals surface area contributed by atoms with Crippen LogP contribution in [0.4, 0.5) is 10.5 Å². The van der Waals surface area contributed by atoms with Gasteiger partial charge in [0.15, 0.2) is 0 Å². The summed E-state index contributed by atoms with van der Waals surface area (Å²) in [6.45, 7) is 4.81. The summed E-state index contributed by atoms with van der Waals surface area (Å²) in [6.07, 6.45) is -0.512. The number of ether oxygens (including phenoxy) is 1. The highest BCUT2D eigenvalue weighted by Gasteiger charge is 2.31. The lowest BCUT2D eigenvalue weighted by Gasteiger charge is -2.14. The van der Waals surface area contributed by atoms with Gasteiger partial charge in [0.25, 0.3) is 0 Å². The van der Waals surface area contributed by atoms with Gasteiger partial charge in [-0.1, -0.05) is 26.0 Å². The van der Waals surface area contributed by atoms with Gasteiger partial charge in [-0.25, -0.2) is 4.79 Å². The monoisotopic (exact) mass is 253 g/mol. The molecule has 1 aliphatic rings. The molecule has 92 valence electrons. The molecule has 1 aliphatic heterocycles. The van der Waals surface area contributed by atoms with Gasteiger partial charge in [-0.15, -0.1) is 11.6 Å². The van der Waals surface area contributed by atoms with Crippen LogP contribution in [0.2, 0.25) is 0 Å². The molecule has 1 amide bonds. The second-order valence-corrected chi connectivity index (χ2v) is 4.83. The Bertz CT molecular complexity index is 402. The van der Waals surface area contributed by atoms with Gasteiger partial charge in [0, 0.05) is 5.69 Å². The first-order valence-electron chi connectivity index (χ1n) is 5.76. The SMILES string of the molecule is CC(C)c1ccc(N2C[C@@H](CCl)OC2=O)cc1. The molecule has 1 fully saturated rings. The van der Waals surface area contributed by atoms with E-state index in [2.05, 4.69) is 13.8 Å². The molecule has 3 nitrogen and oxygen atoms in total. The lowest BCUT2D eigenvalue weighted by molar-refractivity contribution is 0.151. The molecule has 0 bridgehead atoms. The summed E-state index contributed by atoms with van der Waals surface area (Å²) in [5.41, 5.74) is 2.13. The molecule has 4 heteroatoms. The molecule has 0 aromatic heterocycles. The average Bonchev–Trinajstić information content (AvgIpc) is 2.71. The van der Waals surface area contributed by atoms with Crippen molar-refractivity contribution >= 4 is 23.4 Å². The summed E-state index contributed by atoms with van der Waals surface area (Å²) < 4.78 is 5.11. The van der Waals surface area contributed by atoms with Crippen LogP contribution in [0.5, 0.6) is 0 Å². The van der Waals surface area contributed by atoms with E-state index in [0.29, 0.717) is 18.3 Å². The topological polar surface area (TPSA) is 29.5 Å². The summed E-state index contributed by atoms with van der Waals surface area (Å²) in [5, 5.41) is 0. The van der Waals surface area contributed by atoms with Crippen LogP contribution in [-0.2, 0) is 4.74 Å². The second kappa shape index (κ2) is 4.96. The third-order valence-corrected chi connectivity index (χ3v) is 3.26. The third kappa shape index (κ3) is 2.55. The number of halogens is 1. The van der Waals surface area contributed by atoms with E-state index in [1.165, 1.54) is 5.56 Å². The van der Waals surface area contributed by atoms with Crippen molar-refractivity contribution in [1.82, 2.24) is 0 Å². The normalized spacial score (nSPS) is 19.9. The van der Waals surface area contributed by atoms with Crippen LogP contribution in [0, 0.1) is 0 Å². The predicted octanol–water partition coefficient (Wildman–Crippen LogP) is 3.37. The highest BCUT2D eigenvalue weighted by molar-refractivity contribution is 6.18. The zero-order chi connectivity index (χ0) is 12.4. The van der Waals surface area contributed by atoms with Gasteiger partial charge in [-0.05, 0) is 23.6 Å². The number of benzene rings is 1. The summed E-state index contributed by atoms with van der Waals surface area (Å²) in [6, 6.07) is 7.99. The molecule has 0 unspecified atom stereocenters. The zero-order valence-corrected chi connectivity index (χ0v) is 10.8. The van der Waals surface area contributed by atoms with Crippen LogP contribution >= 0.6 is 11.6 Å². The van der Waals surface area contributed by atoms with Gasteiger partial charge in [-0.3, -0.25) is 4.90 Å². The molecule has 0 aliphatic carbocycles. The number of rotatable bonds is 3. The van der Waals surface area contributed by atoms with Crippen LogP contribution in [0.25, 0.3) is 0 Å². The van der Waals surface area contributed by atoms with Crippen molar-refractivity contribution in [1.29, 1.82) is 0 Å². The van der Waals surface area contributed by atoms with E-state index in [4.69, 9.17) is 16.3 Å². The number of carbonyl (C=O) groups excluding carboxylic acids is 1. The van der Waals surface area contributed by atoms with Gasteiger partial charge in [-0.2, -0.15) is 0 Å². The molecule has 1 heterocycles. The highest BCUT2D eigenvalue weighted by Crippen LogP contribution is 2.24. The lowest BCUT2D eigenvalue weighted by Crippen LogP contribution is -2.24. The quantitative estimate of drug-likeness (QED) is 0.773. The van der Waals surface area contributed by atoms with Gasteiger partial charge >= 0.3 is 6.09 Å². The minimum Gasteiger partial charge on any atom is -0.443 e. The van der Waals surface area contributed by atoms with Crippen LogP contribution in [0.15, 0.2) is 24.3 Å². The molecular weight excluding hydrogens is 238 g/mol. The van der Waals surface area contributed by atoms with E-state index in [0.717, 1.165) is 5.69 Å². The van der Waals surface area contributed by atoms with E-state index >= 15 is 0 Å². The number of carbonyl (C=O) groups is 1. The standard InChI is InChI=1S/C13H16ClNO2/c1-9(2)10-3-5-11(6-4-10)15-8-12(7-14)17-13(15)16/h3-6,9,12H,7-8H2,1-2H3/t12-/m1/s1. The van der Waals surface area contributed by atoms with E-state index in [9.17, 15) is 4.79 Å². The van der Waals surface area contributed by atoms with Crippen LogP contribution in [-0.4, -0.2) is 24.6 Å². The molecule has 2 rings (SSSR count). The summed E-state index contributed by atoms with van der Waals surface area (Å²) >= 11 is 5.69. The largest absolute Gasteiger partial charge is 0.443 e. The number of cyclic esters (lactones) is 1. The molecule has 1 atom stereocenters.